The average molecular weight is 280 g/mol. The van der Waals surface area contributed by atoms with Gasteiger partial charge < -0.3 is 11.1 Å². The minimum atomic E-state index is -0.0666. The first kappa shape index (κ1) is 18.7. The lowest BCUT2D eigenvalue weighted by Crippen LogP contribution is -2.46. The molecule has 0 bridgehead atoms. The summed E-state index contributed by atoms with van der Waals surface area (Å²) in [5.74, 6) is 0.987. The number of guanidine groups is 1. The third kappa shape index (κ3) is 8.00. The molecule has 0 aliphatic rings. The second-order valence-electron chi connectivity index (χ2n) is 6.44. The Morgan fingerprint density at radius 1 is 1.25 bits per heavy atom. The van der Waals surface area contributed by atoms with Gasteiger partial charge in [-0.1, -0.05) is 26.0 Å². The molecular formula is C16H32N4. The van der Waals surface area contributed by atoms with Crippen LogP contribution in [0, 0.1) is 5.92 Å². The summed E-state index contributed by atoms with van der Waals surface area (Å²) >= 11 is 0. The molecule has 1 unspecified atom stereocenters. The molecule has 0 aliphatic carbocycles. The fourth-order valence-corrected chi connectivity index (χ4v) is 2.04. The molecule has 0 aromatic heterocycles. The van der Waals surface area contributed by atoms with E-state index in [0.717, 1.165) is 13.1 Å². The van der Waals surface area contributed by atoms with E-state index in [4.69, 9.17) is 5.73 Å². The second-order valence-corrected chi connectivity index (χ2v) is 6.44. The summed E-state index contributed by atoms with van der Waals surface area (Å²) in [4.78, 5) is 6.81. The van der Waals surface area contributed by atoms with Crippen LogP contribution >= 0.6 is 0 Å². The van der Waals surface area contributed by atoms with E-state index in [-0.39, 0.29) is 5.54 Å². The summed E-state index contributed by atoms with van der Waals surface area (Å²) in [6.45, 7) is 20.6. The van der Waals surface area contributed by atoms with Crippen molar-refractivity contribution in [1.29, 1.82) is 0 Å². The van der Waals surface area contributed by atoms with Gasteiger partial charge in [-0.25, -0.2) is 0 Å². The summed E-state index contributed by atoms with van der Waals surface area (Å²) < 4.78 is 0. The predicted molar refractivity (Wildman–Crippen MR) is 90.0 cm³/mol. The molecule has 4 heteroatoms. The molecule has 0 heterocycles. The topological polar surface area (TPSA) is 53.6 Å². The van der Waals surface area contributed by atoms with Crippen LogP contribution in [-0.4, -0.2) is 42.1 Å². The molecular weight excluding hydrogens is 248 g/mol. The Kier molecular flexibility index (Phi) is 8.23. The highest BCUT2D eigenvalue weighted by Gasteiger charge is 2.20. The first-order chi connectivity index (χ1) is 9.21. The number of nitrogens with zero attached hydrogens (tertiary/aromatic N) is 2. The smallest absolute Gasteiger partial charge is 0.189 e. The Labute approximate surface area is 124 Å². The van der Waals surface area contributed by atoms with Crippen molar-refractivity contribution in [2.45, 2.75) is 46.2 Å². The molecule has 0 fully saturated rings. The van der Waals surface area contributed by atoms with E-state index in [2.05, 4.69) is 63.0 Å². The lowest BCUT2D eigenvalue weighted by Gasteiger charge is -2.32. The number of rotatable bonds is 8. The van der Waals surface area contributed by atoms with Crippen LogP contribution in [0.1, 0.15) is 34.6 Å². The van der Waals surface area contributed by atoms with Gasteiger partial charge in [-0.15, -0.1) is 13.2 Å². The Hall–Kier alpha value is -1.29. The molecule has 0 spiro atoms. The Morgan fingerprint density at radius 3 is 2.10 bits per heavy atom. The maximum absolute atomic E-state index is 5.94. The lowest BCUT2D eigenvalue weighted by molar-refractivity contribution is 0.195. The average Bonchev–Trinajstić information content (AvgIpc) is 2.26. The van der Waals surface area contributed by atoms with E-state index < -0.39 is 0 Å². The van der Waals surface area contributed by atoms with Gasteiger partial charge in [0, 0.05) is 24.7 Å². The number of hydrogen-bond acceptors (Lipinski definition) is 2. The van der Waals surface area contributed by atoms with Gasteiger partial charge in [-0.2, -0.15) is 0 Å². The summed E-state index contributed by atoms with van der Waals surface area (Å²) in [5.41, 5.74) is 5.87. The van der Waals surface area contributed by atoms with E-state index in [1.165, 1.54) is 0 Å². The summed E-state index contributed by atoms with van der Waals surface area (Å²) in [6.07, 6.45) is 3.83. The lowest BCUT2D eigenvalue weighted by atomic mass is 10.0. The quantitative estimate of drug-likeness (QED) is 0.408. The minimum absolute atomic E-state index is 0.0666. The Bertz CT molecular complexity index is 316. The molecule has 0 aromatic rings. The van der Waals surface area contributed by atoms with Gasteiger partial charge >= 0.3 is 0 Å². The zero-order chi connectivity index (χ0) is 15.8. The van der Waals surface area contributed by atoms with Crippen LogP contribution in [-0.2, 0) is 0 Å². The highest BCUT2D eigenvalue weighted by Crippen LogP contribution is 2.12. The van der Waals surface area contributed by atoms with Crippen LogP contribution in [0.15, 0.2) is 30.3 Å². The predicted octanol–water partition coefficient (Wildman–Crippen LogP) is 2.39. The van der Waals surface area contributed by atoms with Crippen molar-refractivity contribution in [3.05, 3.63) is 25.3 Å². The van der Waals surface area contributed by atoms with Gasteiger partial charge in [0.15, 0.2) is 5.96 Å². The van der Waals surface area contributed by atoms with Gasteiger partial charge in [0.25, 0.3) is 0 Å². The van der Waals surface area contributed by atoms with Crippen LogP contribution in [0.2, 0.25) is 0 Å². The van der Waals surface area contributed by atoms with E-state index in [0.29, 0.717) is 24.5 Å². The number of nitrogens with two attached hydrogens (primary N) is 1. The monoisotopic (exact) mass is 280 g/mol. The van der Waals surface area contributed by atoms with E-state index in [1.54, 1.807) is 0 Å². The number of hydrogen-bond donors (Lipinski definition) is 2. The van der Waals surface area contributed by atoms with Crippen molar-refractivity contribution in [2.75, 3.05) is 19.6 Å². The van der Waals surface area contributed by atoms with Crippen LogP contribution in [0.25, 0.3) is 0 Å². The van der Waals surface area contributed by atoms with Gasteiger partial charge in [0.2, 0.25) is 0 Å². The SMILES string of the molecule is C=CCN(CC=C)C(CN=C(N)NC(C)(C)C)C(C)C. The molecule has 116 valence electrons. The summed E-state index contributed by atoms with van der Waals surface area (Å²) in [7, 11) is 0. The zero-order valence-electron chi connectivity index (χ0n) is 13.8. The van der Waals surface area contributed by atoms with Crippen LogP contribution in [0.3, 0.4) is 0 Å². The van der Waals surface area contributed by atoms with Crippen LogP contribution in [0.4, 0.5) is 0 Å². The van der Waals surface area contributed by atoms with Gasteiger partial charge in [0.1, 0.15) is 0 Å². The molecule has 3 N–H and O–H groups in total. The van der Waals surface area contributed by atoms with Gasteiger partial charge in [-0.3, -0.25) is 9.89 Å². The largest absolute Gasteiger partial charge is 0.370 e. The minimum Gasteiger partial charge on any atom is -0.370 e. The maximum Gasteiger partial charge on any atom is 0.189 e. The Morgan fingerprint density at radius 2 is 1.75 bits per heavy atom. The fourth-order valence-electron chi connectivity index (χ4n) is 2.04. The standard InChI is InChI=1S/C16H32N4/c1-8-10-20(11-9-2)14(13(3)4)12-18-15(17)19-16(5,6)7/h8-9,13-14H,1-2,10-12H2,3-7H3,(H3,17,18,19). The number of nitrogens with one attached hydrogen (secondary N) is 1. The molecule has 0 aliphatic heterocycles. The highest BCUT2D eigenvalue weighted by atomic mass is 15.2. The van der Waals surface area contributed by atoms with E-state index >= 15 is 0 Å². The maximum atomic E-state index is 5.94. The first-order valence-corrected chi connectivity index (χ1v) is 7.25. The van der Waals surface area contributed by atoms with Crippen LogP contribution in [0.5, 0.6) is 0 Å². The molecule has 4 nitrogen and oxygen atoms in total. The second kappa shape index (κ2) is 8.80. The third-order valence-electron chi connectivity index (χ3n) is 2.92. The molecule has 0 aromatic carbocycles. The van der Waals surface area contributed by atoms with Gasteiger partial charge in [-0.05, 0) is 26.7 Å². The van der Waals surface area contributed by atoms with E-state index in [9.17, 15) is 0 Å². The summed E-state index contributed by atoms with van der Waals surface area (Å²) in [5, 5.41) is 3.19. The van der Waals surface area contributed by atoms with Gasteiger partial charge in [0.05, 0.1) is 6.54 Å². The molecule has 0 saturated carbocycles. The normalized spacial score (nSPS) is 14.4. The molecule has 20 heavy (non-hydrogen) atoms. The van der Waals surface area contributed by atoms with E-state index in [1.807, 2.05) is 12.2 Å². The van der Waals surface area contributed by atoms with Crippen molar-refractivity contribution < 1.29 is 0 Å². The molecule has 0 rings (SSSR count). The first-order valence-electron chi connectivity index (χ1n) is 7.25. The third-order valence-corrected chi connectivity index (χ3v) is 2.92. The fraction of sp³-hybridized carbons (Fsp3) is 0.688. The molecule has 0 amide bonds. The van der Waals surface area contributed by atoms with Crippen molar-refractivity contribution in [2.24, 2.45) is 16.6 Å². The van der Waals surface area contributed by atoms with Crippen molar-refractivity contribution in [1.82, 2.24) is 10.2 Å². The molecule has 0 saturated heterocycles. The summed E-state index contributed by atoms with van der Waals surface area (Å²) in [6, 6.07) is 0.325. The van der Waals surface area contributed by atoms with Crippen LogP contribution < -0.4 is 11.1 Å². The molecule has 1 atom stereocenters. The van der Waals surface area contributed by atoms with Crippen molar-refractivity contribution >= 4 is 5.96 Å². The van der Waals surface area contributed by atoms with Crippen molar-refractivity contribution in [3.63, 3.8) is 0 Å². The zero-order valence-corrected chi connectivity index (χ0v) is 13.8. The molecule has 0 radical (unpaired) electrons. The Balaban J connectivity index is 4.79. The highest BCUT2D eigenvalue weighted by molar-refractivity contribution is 5.78. The number of aliphatic imine (C=N–C) groups is 1. The van der Waals surface area contributed by atoms with Crippen molar-refractivity contribution in [3.8, 4) is 0 Å².